The van der Waals surface area contributed by atoms with Crippen molar-refractivity contribution in [2.45, 2.75) is 24.6 Å². The van der Waals surface area contributed by atoms with Gasteiger partial charge in [0, 0.05) is 0 Å². The summed E-state index contributed by atoms with van der Waals surface area (Å²) in [5.41, 5.74) is -1.31. The minimum atomic E-state index is -4.49. The van der Waals surface area contributed by atoms with E-state index in [0.717, 1.165) is 0 Å². The molecular weight excluding hydrogens is 357 g/mol. The van der Waals surface area contributed by atoms with Gasteiger partial charge in [0.25, 0.3) is 0 Å². The first-order valence-electron chi connectivity index (χ1n) is 8.77. The number of hydrogen-bond donors (Lipinski definition) is 2. The van der Waals surface area contributed by atoms with E-state index < -0.39 is 24.2 Å². The van der Waals surface area contributed by atoms with Crippen molar-refractivity contribution in [2.75, 3.05) is 19.7 Å². The van der Waals surface area contributed by atoms with Gasteiger partial charge in [-0.1, -0.05) is 42.5 Å². The van der Waals surface area contributed by atoms with Crippen molar-refractivity contribution >= 4 is 5.91 Å². The quantitative estimate of drug-likeness (QED) is 0.728. The Labute approximate surface area is 155 Å². The molecule has 1 atom stereocenters. The van der Waals surface area contributed by atoms with E-state index in [0.29, 0.717) is 17.7 Å². The minimum Gasteiger partial charge on any atom is -0.492 e. The van der Waals surface area contributed by atoms with Crippen molar-refractivity contribution in [1.29, 1.82) is 0 Å². The molecule has 0 aromatic heterocycles. The predicted octanol–water partition coefficient (Wildman–Crippen LogP) is 3.18. The van der Waals surface area contributed by atoms with Crippen LogP contribution in [0.2, 0.25) is 0 Å². The lowest BCUT2D eigenvalue weighted by Crippen LogP contribution is -2.55. The van der Waals surface area contributed by atoms with Crippen LogP contribution in [0.3, 0.4) is 0 Å². The van der Waals surface area contributed by atoms with Crippen LogP contribution in [0.5, 0.6) is 5.75 Å². The van der Waals surface area contributed by atoms with E-state index in [1.165, 1.54) is 6.07 Å². The molecule has 0 aliphatic heterocycles. The van der Waals surface area contributed by atoms with E-state index in [-0.39, 0.29) is 25.1 Å². The van der Waals surface area contributed by atoms with E-state index in [9.17, 15) is 18.0 Å². The van der Waals surface area contributed by atoms with Gasteiger partial charge in [0.2, 0.25) is 5.91 Å². The van der Waals surface area contributed by atoms with Crippen molar-refractivity contribution < 1.29 is 22.7 Å². The largest absolute Gasteiger partial charge is 0.492 e. The summed E-state index contributed by atoms with van der Waals surface area (Å²) in [5, 5.41) is 5.05. The Bertz CT molecular complexity index is 780. The number of nitrogens with one attached hydrogen (secondary N) is 2. The van der Waals surface area contributed by atoms with E-state index >= 15 is 0 Å². The highest BCUT2D eigenvalue weighted by atomic mass is 19.4. The number of hydrogen-bond acceptors (Lipinski definition) is 3. The lowest BCUT2D eigenvalue weighted by molar-refractivity contribution is -0.200. The van der Waals surface area contributed by atoms with Gasteiger partial charge >= 0.3 is 6.18 Å². The molecule has 1 aliphatic rings. The van der Waals surface area contributed by atoms with Crippen molar-refractivity contribution in [1.82, 2.24) is 10.6 Å². The predicted molar refractivity (Wildman–Crippen MR) is 95.4 cm³/mol. The van der Waals surface area contributed by atoms with Crippen molar-refractivity contribution in [3.05, 3.63) is 65.7 Å². The monoisotopic (exact) mass is 378 g/mol. The zero-order valence-corrected chi connectivity index (χ0v) is 14.7. The molecule has 0 bridgehead atoms. The molecule has 4 nitrogen and oxygen atoms in total. The third-order valence-corrected chi connectivity index (χ3v) is 4.72. The maximum absolute atomic E-state index is 13.8. The van der Waals surface area contributed by atoms with Crippen molar-refractivity contribution in [2.24, 2.45) is 0 Å². The van der Waals surface area contributed by atoms with Crippen LogP contribution in [0.1, 0.15) is 17.5 Å². The zero-order valence-electron chi connectivity index (χ0n) is 14.7. The summed E-state index contributed by atoms with van der Waals surface area (Å²) < 4.78 is 46.9. The minimum absolute atomic E-state index is 0.111. The van der Waals surface area contributed by atoms with Crippen LogP contribution in [0.25, 0.3) is 0 Å². The number of benzene rings is 2. The topological polar surface area (TPSA) is 50.4 Å². The molecule has 0 saturated carbocycles. The molecule has 27 heavy (non-hydrogen) atoms. The van der Waals surface area contributed by atoms with Gasteiger partial charge in [-0.05, 0) is 36.1 Å². The number of aryl methyl sites for hydroxylation is 1. The first-order chi connectivity index (χ1) is 12.9. The number of halogens is 3. The van der Waals surface area contributed by atoms with Gasteiger partial charge < -0.3 is 10.1 Å². The SMILES string of the molecule is O=C(CNC1(C(F)(F)F)CCc2ccccc21)NCCOc1ccccc1. The fourth-order valence-electron chi connectivity index (χ4n) is 3.36. The Hall–Kier alpha value is -2.54. The van der Waals surface area contributed by atoms with Gasteiger partial charge in [-0.2, -0.15) is 13.2 Å². The van der Waals surface area contributed by atoms with Crippen LogP contribution >= 0.6 is 0 Å². The van der Waals surface area contributed by atoms with Crippen molar-refractivity contribution in [3.8, 4) is 5.75 Å². The molecule has 1 aliphatic carbocycles. The van der Waals surface area contributed by atoms with Gasteiger partial charge in [-0.25, -0.2) is 0 Å². The molecule has 0 fully saturated rings. The molecule has 0 saturated heterocycles. The van der Waals surface area contributed by atoms with E-state index in [4.69, 9.17) is 4.74 Å². The zero-order chi connectivity index (χ0) is 19.3. The summed E-state index contributed by atoms with van der Waals surface area (Å²) in [4.78, 5) is 12.0. The first-order valence-corrected chi connectivity index (χ1v) is 8.77. The molecule has 2 aromatic carbocycles. The average molecular weight is 378 g/mol. The molecule has 144 valence electrons. The molecule has 0 radical (unpaired) electrons. The number of para-hydroxylation sites is 1. The van der Waals surface area contributed by atoms with Gasteiger partial charge in [0.1, 0.15) is 17.9 Å². The standard InChI is InChI=1S/C20H21F3N2O2/c21-20(22,23)19(11-10-15-6-4-5-9-17(15)19)25-14-18(26)24-12-13-27-16-7-2-1-3-8-16/h1-9,25H,10-14H2,(H,24,26). The van der Waals surface area contributed by atoms with Gasteiger partial charge in [0.05, 0.1) is 13.1 Å². The lowest BCUT2D eigenvalue weighted by atomic mass is 9.91. The normalized spacial score (nSPS) is 18.8. The Morgan fingerprint density at radius 3 is 2.52 bits per heavy atom. The van der Waals surface area contributed by atoms with Crippen LogP contribution < -0.4 is 15.4 Å². The van der Waals surface area contributed by atoms with E-state index in [1.807, 2.05) is 18.2 Å². The molecule has 0 heterocycles. The number of rotatable bonds is 7. The van der Waals surface area contributed by atoms with Crippen LogP contribution in [0.15, 0.2) is 54.6 Å². The van der Waals surface area contributed by atoms with Crippen LogP contribution in [-0.2, 0) is 16.8 Å². The second-order valence-corrected chi connectivity index (χ2v) is 6.43. The summed E-state index contributed by atoms with van der Waals surface area (Å²) >= 11 is 0. The average Bonchev–Trinajstić information content (AvgIpc) is 3.04. The molecule has 2 aromatic rings. The Kier molecular flexibility index (Phi) is 5.70. The van der Waals surface area contributed by atoms with Gasteiger partial charge in [0.15, 0.2) is 0 Å². The Balaban J connectivity index is 1.53. The number of alkyl halides is 3. The van der Waals surface area contributed by atoms with Crippen LogP contribution in [0, 0.1) is 0 Å². The fourth-order valence-corrected chi connectivity index (χ4v) is 3.36. The fraction of sp³-hybridized carbons (Fsp3) is 0.350. The summed E-state index contributed by atoms with van der Waals surface area (Å²) in [6.07, 6.45) is -4.27. The highest BCUT2D eigenvalue weighted by Gasteiger charge is 2.58. The molecule has 1 unspecified atom stereocenters. The number of ether oxygens (including phenoxy) is 1. The molecule has 1 amide bonds. The van der Waals surface area contributed by atoms with E-state index in [1.54, 1.807) is 30.3 Å². The number of fused-ring (bicyclic) bond motifs is 1. The summed E-state index contributed by atoms with van der Waals surface area (Å²) in [7, 11) is 0. The maximum atomic E-state index is 13.8. The van der Waals surface area contributed by atoms with Crippen LogP contribution in [-0.4, -0.2) is 31.8 Å². The number of carbonyl (C=O) groups excluding carboxylic acids is 1. The molecule has 7 heteroatoms. The molecule has 0 spiro atoms. The number of amides is 1. The number of carbonyl (C=O) groups is 1. The van der Waals surface area contributed by atoms with Crippen LogP contribution in [0.4, 0.5) is 13.2 Å². The summed E-state index contributed by atoms with van der Waals surface area (Å²) in [5.74, 6) is 0.170. The Morgan fingerprint density at radius 1 is 1.07 bits per heavy atom. The third kappa shape index (κ3) is 4.24. The first kappa shape index (κ1) is 19.2. The second kappa shape index (κ2) is 8.00. The smallest absolute Gasteiger partial charge is 0.410 e. The highest BCUT2D eigenvalue weighted by molar-refractivity contribution is 5.78. The second-order valence-electron chi connectivity index (χ2n) is 6.43. The molecule has 3 rings (SSSR count). The maximum Gasteiger partial charge on any atom is 0.410 e. The molecule has 2 N–H and O–H groups in total. The highest BCUT2D eigenvalue weighted by Crippen LogP contribution is 2.47. The molecular formula is C20H21F3N2O2. The summed E-state index contributed by atoms with van der Waals surface area (Å²) in [6.45, 7) is 0.0349. The lowest BCUT2D eigenvalue weighted by Gasteiger charge is -2.33. The van der Waals surface area contributed by atoms with Gasteiger partial charge in [-0.3, -0.25) is 10.1 Å². The summed E-state index contributed by atoms with van der Waals surface area (Å²) in [6, 6.07) is 15.6. The van der Waals surface area contributed by atoms with Gasteiger partial charge in [-0.15, -0.1) is 0 Å². The third-order valence-electron chi connectivity index (χ3n) is 4.72. The Morgan fingerprint density at radius 2 is 1.78 bits per heavy atom. The van der Waals surface area contributed by atoms with Crippen molar-refractivity contribution in [3.63, 3.8) is 0 Å². The van der Waals surface area contributed by atoms with E-state index in [2.05, 4.69) is 10.6 Å².